The third kappa shape index (κ3) is 4.28. The highest BCUT2D eigenvalue weighted by atomic mass is 16.3. The zero-order valence-electron chi connectivity index (χ0n) is 12.9. The molecule has 0 aliphatic rings. The van der Waals surface area contributed by atoms with Crippen LogP contribution in [0.4, 0.5) is 5.69 Å². The molecule has 0 bridgehead atoms. The summed E-state index contributed by atoms with van der Waals surface area (Å²) in [6.45, 7) is 3.24. The van der Waals surface area contributed by atoms with Crippen LogP contribution in [0.5, 0.6) is 0 Å². The lowest BCUT2D eigenvalue weighted by Crippen LogP contribution is -2.22. The summed E-state index contributed by atoms with van der Waals surface area (Å²) in [5.74, 6) is 0. The smallest absolute Gasteiger partial charge is 0.0914 e. The number of aromatic nitrogens is 1. The molecule has 2 N–H and O–H groups in total. The standard InChI is InChI=1S/C17H23N3O/c1-13-4-6-14(7-5-13)17(21)12-19-11-15-10-18-9-8-16(15)20(2)3/h4-10,17,19,21H,11-12H2,1-3H3/t17-/m1/s1. The second kappa shape index (κ2) is 7.20. The summed E-state index contributed by atoms with van der Waals surface area (Å²) in [5.41, 5.74) is 4.40. The number of hydrogen-bond donors (Lipinski definition) is 2. The Bertz CT molecular complexity index is 567. The topological polar surface area (TPSA) is 48.4 Å². The summed E-state index contributed by atoms with van der Waals surface area (Å²) in [5, 5.41) is 13.5. The molecule has 1 atom stereocenters. The number of rotatable bonds is 6. The van der Waals surface area contributed by atoms with Gasteiger partial charge in [0.05, 0.1) is 6.10 Å². The van der Waals surface area contributed by atoms with Crippen molar-refractivity contribution < 1.29 is 5.11 Å². The Labute approximate surface area is 126 Å². The fourth-order valence-corrected chi connectivity index (χ4v) is 2.24. The minimum atomic E-state index is -0.495. The molecule has 0 radical (unpaired) electrons. The first kappa shape index (κ1) is 15.5. The van der Waals surface area contributed by atoms with Gasteiger partial charge < -0.3 is 15.3 Å². The maximum atomic E-state index is 10.2. The van der Waals surface area contributed by atoms with Crippen LogP contribution in [0.3, 0.4) is 0 Å². The van der Waals surface area contributed by atoms with Crippen molar-refractivity contribution in [2.45, 2.75) is 19.6 Å². The second-order valence-corrected chi connectivity index (χ2v) is 5.46. The zero-order chi connectivity index (χ0) is 15.2. The van der Waals surface area contributed by atoms with E-state index in [1.165, 1.54) is 5.56 Å². The number of aliphatic hydroxyl groups is 1. The van der Waals surface area contributed by atoms with Crippen LogP contribution >= 0.6 is 0 Å². The number of nitrogens with one attached hydrogen (secondary N) is 1. The first-order valence-electron chi connectivity index (χ1n) is 7.13. The number of aryl methyl sites for hydroxylation is 1. The van der Waals surface area contributed by atoms with Crippen LogP contribution in [0.1, 0.15) is 22.8 Å². The fraction of sp³-hybridized carbons (Fsp3) is 0.353. The lowest BCUT2D eigenvalue weighted by molar-refractivity contribution is 0.174. The van der Waals surface area contributed by atoms with E-state index in [1.54, 1.807) is 6.20 Å². The van der Waals surface area contributed by atoms with Crippen molar-refractivity contribution in [2.24, 2.45) is 0 Å². The van der Waals surface area contributed by atoms with Crippen LogP contribution in [0.2, 0.25) is 0 Å². The van der Waals surface area contributed by atoms with Crippen molar-refractivity contribution in [1.29, 1.82) is 0 Å². The second-order valence-electron chi connectivity index (χ2n) is 5.46. The van der Waals surface area contributed by atoms with E-state index < -0.39 is 6.10 Å². The molecule has 4 nitrogen and oxygen atoms in total. The highest BCUT2D eigenvalue weighted by molar-refractivity contribution is 5.50. The van der Waals surface area contributed by atoms with Crippen molar-refractivity contribution >= 4 is 5.69 Å². The molecule has 112 valence electrons. The van der Waals surface area contributed by atoms with Crippen LogP contribution in [0.15, 0.2) is 42.7 Å². The highest BCUT2D eigenvalue weighted by Gasteiger charge is 2.08. The predicted octanol–water partition coefficient (Wildman–Crippen LogP) is 2.28. The normalized spacial score (nSPS) is 12.2. The predicted molar refractivity (Wildman–Crippen MR) is 86.4 cm³/mol. The van der Waals surface area contributed by atoms with Gasteiger partial charge in [-0.25, -0.2) is 0 Å². The Hall–Kier alpha value is -1.91. The number of pyridine rings is 1. The number of anilines is 1. The molecule has 0 saturated heterocycles. The van der Waals surface area contributed by atoms with E-state index in [9.17, 15) is 5.11 Å². The summed E-state index contributed by atoms with van der Waals surface area (Å²) in [4.78, 5) is 6.23. The van der Waals surface area contributed by atoms with Crippen molar-refractivity contribution in [1.82, 2.24) is 10.3 Å². The molecule has 2 rings (SSSR count). The van der Waals surface area contributed by atoms with E-state index in [0.717, 1.165) is 16.8 Å². The maximum Gasteiger partial charge on any atom is 0.0914 e. The summed E-state index contributed by atoms with van der Waals surface area (Å²) in [6, 6.07) is 9.97. The van der Waals surface area contributed by atoms with Gasteiger partial charge in [-0.05, 0) is 18.6 Å². The lowest BCUT2D eigenvalue weighted by atomic mass is 10.1. The Morgan fingerprint density at radius 2 is 1.90 bits per heavy atom. The number of nitrogens with zero attached hydrogens (tertiary/aromatic N) is 2. The van der Waals surface area contributed by atoms with Gasteiger partial charge in [0.2, 0.25) is 0 Å². The van der Waals surface area contributed by atoms with Gasteiger partial charge >= 0.3 is 0 Å². The highest BCUT2D eigenvalue weighted by Crippen LogP contribution is 2.17. The lowest BCUT2D eigenvalue weighted by Gasteiger charge is -2.18. The maximum absolute atomic E-state index is 10.2. The van der Waals surface area contributed by atoms with Crippen molar-refractivity contribution in [3.05, 3.63) is 59.4 Å². The molecule has 0 amide bonds. The van der Waals surface area contributed by atoms with E-state index in [0.29, 0.717) is 13.1 Å². The van der Waals surface area contributed by atoms with Gasteiger partial charge in [0.1, 0.15) is 0 Å². The molecule has 0 spiro atoms. The molecular formula is C17H23N3O. The number of aliphatic hydroxyl groups excluding tert-OH is 1. The summed E-state index contributed by atoms with van der Waals surface area (Å²) in [7, 11) is 4.03. The Morgan fingerprint density at radius 1 is 1.19 bits per heavy atom. The number of benzene rings is 1. The monoisotopic (exact) mass is 285 g/mol. The Morgan fingerprint density at radius 3 is 2.57 bits per heavy atom. The SMILES string of the molecule is Cc1ccc([C@H](O)CNCc2cnccc2N(C)C)cc1. The molecule has 0 aliphatic carbocycles. The van der Waals surface area contributed by atoms with Gasteiger partial charge in [0, 0.05) is 50.8 Å². The molecule has 0 fully saturated rings. The first-order chi connectivity index (χ1) is 10.1. The van der Waals surface area contributed by atoms with Crippen LogP contribution < -0.4 is 10.2 Å². The van der Waals surface area contributed by atoms with E-state index in [2.05, 4.69) is 15.2 Å². The molecule has 0 aliphatic heterocycles. The van der Waals surface area contributed by atoms with Crippen LogP contribution in [0, 0.1) is 6.92 Å². The van der Waals surface area contributed by atoms with Crippen molar-refractivity contribution in [3.8, 4) is 0 Å². The van der Waals surface area contributed by atoms with Crippen LogP contribution in [0.25, 0.3) is 0 Å². The summed E-state index contributed by atoms with van der Waals surface area (Å²) >= 11 is 0. The third-order valence-electron chi connectivity index (χ3n) is 3.47. The quantitative estimate of drug-likeness (QED) is 0.855. The van der Waals surface area contributed by atoms with Gasteiger partial charge in [-0.15, -0.1) is 0 Å². The van der Waals surface area contributed by atoms with Gasteiger partial charge in [-0.2, -0.15) is 0 Å². The van der Waals surface area contributed by atoms with Crippen LogP contribution in [-0.2, 0) is 6.54 Å². The molecule has 1 heterocycles. The molecule has 1 aromatic carbocycles. The Balaban J connectivity index is 1.91. The molecule has 21 heavy (non-hydrogen) atoms. The Kier molecular flexibility index (Phi) is 5.31. The molecule has 4 heteroatoms. The average Bonchev–Trinajstić information content (AvgIpc) is 2.48. The minimum absolute atomic E-state index is 0.495. The third-order valence-corrected chi connectivity index (χ3v) is 3.47. The van der Waals surface area contributed by atoms with E-state index in [4.69, 9.17) is 0 Å². The van der Waals surface area contributed by atoms with Crippen molar-refractivity contribution in [2.75, 3.05) is 25.5 Å². The molecule has 2 aromatic rings. The molecular weight excluding hydrogens is 262 g/mol. The average molecular weight is 285 g/mol. The van der Waals surface area contributed by atoms with Gasteiger partial charge in [-0.3, -0.25) is 4.98 Å². The van der Waals surface area contributed by atoms with Gasteiger partial charge in [0.15, 0.2) is 0 Å². The van der Waals surface area contributed by atoms with Gasteiger partial charge in [0.25, 0.3) is 0 Å². The molecule has 0 unspecified atom stereocenters. The first-order valence-corrected chi connectivity index (χ1v) is 7.13. The molecule has 1 aromatic heterocycles. The number of hydrogen-bond acceptors (Lipinski definition) is 4. The van der Waals surface area contributed by atoms with E-state index in [1.807, 2.05) is 57.5 Å². The fourth-order valence-electron chi connectivity index (χ4n) is 2.24. The summed E-state index contributed by atoms with van der Waals surface area (Å²) < 4.78 is 0. The van der Waals surface area contributed by atoms with E-state index >= 15 is 0 Å². The van der Waals surface area contributed by atoms with Gasteiger partial charge in [-0.1, -0.05) is 29.8 Å². The molecule has 0 saturated carbocycles. The largest absolute Gasteiger partial charge is 0.387 e. The van der Waals surface area contributed by atoms with Crippen LogP contribution in [-0.4, -0.2) is 30.7 Å². The minimum Gasteiger partial charge on any atom is -0.387 e. The van der Waals surface area contributed by atoms with E-state index in [-0.39, 0.29) is 0 Å². The zero-order valence-corrected chi connectivity index (χ0v) is 12.9. The summed E-state index contributed by atoms with van der Waals surface area (Å²) in [6.07, 6.45) is 3.16. The van der Waals surface area contributed by atoms with Crippen molar-refractivity contribution in [3.63, 3.8) is 0 Å².